The first-order valence-electron chi connectivity index (χ1n) is 5.59. The van der Waals surface area contributed by atoms with Gasteiger partial charge in [-0.15, -0.1) is 0 Å². The zero-order chi connectivity index (χ0) is 13.5. The van der Waals surface area contributed by atoms with Crippen LogP contribution >= 0.6 is 0 Å². The summed E-state index contributed by atoms with van der Waals surface area (Å²) in [4.78, 5) is 13.4. The Balaban J connectivity index is 2.68. The Morgan fingerprint density at radius 1 is 1.50 bits per heavy atom. The van der Waals surface area contributed by atoms with Gasteiger partial charge in [-0.3, -0.25) is 4.79 Å². The van der Waals surface area contributed by atoms with Crippen LogP contribution in [0.3, 0.4) is 0 Å². The number of phenols is 1. The van der Waals surface area contributed by atoms with Crippen LogP contribution < -0.4 is 5.73 Å². The number of oxime groups is 1. The molecule has 0 aliphatic carbocycles. The summed E-state index contributed by atoms with van der Waals surface area (Å²) in [6, 6.07) is 6.52. The lowest BCUT2D eigenvalue weighted by molar-refractivity contribution is -0.129. The minimum atomic E-state index is -0.144. The standard InChI is InChI=1S/C12H17N3O3/c1-2-15(8-11(13)14-18)12(17)7-9-4-3-5-10(16)6-9/h3-6,16,18H,2,7-8H2,1H3,(H2,13,14). The second-order valence-corrected chi connectivity index (χ2v) is 3.85. The third-order valence-corrected chi connectivity index (χ3v) is 2.48. The summed E-state index contributed by atoms with van der Waals surface area (Å²) in [5, 5.41) is 20.6. The van der Waals surface area contributed by atoms with Gasteiger partial charge in [0.25, 0.3) is 0 Å². The van der Waals surface area contributed by atoms with E-state index in [0.717, 1.165) is 5.56 Å². The lowest BCUT2D eigenvalue weighted by atomic mass is 10.1. The SMILES string of the molecule is CCN(CC(N)=NO)C(=O)Cc1cccc(O)c1. The van der Waals surface area contributed by atoms with E-state index in [1.807, 2.05) is 6.92 Å². The molecular weight excluding hydrogens is 234 g/mol. The summed E-state index contributed by atoms with van der Waals surface area (Å²) in [6.07, 6.45) is 0.168. The molecule has 1 aromatic rings. The van der Waals surface area contributed by atoms with Crippen LogP contribution in [-0.2, 0) is 11.2 Å². The Labute approximate surface area is 105 Å². The summed E-state index contributed by atoms with van der Waals surface area (Å²) in [5.74, 6) is -0.0319. The van der Waals surface area contributed by atoms with Gasteiger partial charge in [0.1, 0.15) is 5.75 Å². The van der Waals surface area contributed by atoms with Crippen molar-refractivity contribution in [1.82, 2.24) is 4.90 Å². The Bertz CT molecular complexity index is 446. The van der Waals surface area contributed by atoms with Gasteiger partial charge in [-0.2, -0.15) is 0 Å². The summed E-state index contributed by atoms with van der Waals surface area (Å²) in [7, 11) is 0. The highest BCUT2D eigenvalue weighted by Crippen LogP contribution is 2.12. The summed E-state index contributed by atoms with van der Waals surface area (Å²) >= 11 is 0. The Hall–Kier alpha value is -2.24. The minimum Gasteiger partial charge on any atom is -0.508 e. The van der Waals surface area contributed by atoms with Crippen molar-refractivity contribution in [2.75, 3.05) is 13.1 Å². The Morgan fingerprint density at radius 3 is 2.78 bits per heavy atom. The second kappa shape index (κ2) is 6.48. The number of phenolic OH excluding ortho intramolecular Hbond substituents is 1. The van der Waals surface area contributed by atoms with Crippen molar-refractivity contribution >= 4 is 11.7 Å². The molecular formula is C12H17N3O3. The number of rotatable bonds is 5. The van der Waals surface area contributed by atoms with Gasteiger partial charge in [0, 0.05) is 6.54 Å². The zero-order valence-electron chi connectivity index (χ0n) is 10.2. The lowest BCUT2D eigenvalue weighted by Gasteiger charge is -2.20. The number of aromatic hydroxyl groups is 1. The molecule has 0 bridgehead atoms. The summed E-state index contributed by atoms with van der Waals surface area (Å²) in [5.41, 5.74) is 6.09. The van der Waals surface area contributed by atoms with Crippen LogP contribution in [0.25, 0.3) is 0 Å². The molecule has 18 heavy (non-hydrogen) atoms. The predicted octanol–water partition coefficient (Wildman–Crippen LogP) is 0.530. The summed E-state index contributed by atoms with van der Waals surface area (Å²) < 4.78 is 0. The van der Waals surface area contributed by atoms with Crippen molar-refractivity contribution in [3.05, 3.63) is 29.8 Å². The second-order valence-electron chi connectivity index (χ2n) is 3.85. The van der Waals surface area contributed by atoms with Crippen LogP contribution in [0.5, 0.6) is 5.75 Å². The van der Waals surface area contributed by atoms with Gasteiger partial charge in [0.15, 0.2) is 5.84 Å². The highest BCUT2D eigenvalue weighted by atomic mass is 16.4. The van der Waals surface area contributed by atoms with E-state index in [1.165, 1.54) is 11.0 Å². The van der Waals surface area contributed by atoms with Crippen LogP contribution in [0.15, 0.2) is 29.4 Å². The molecule has 6 nitrogen and oxygen atoms in total. The quantitative estimate of drug-likeness (QED) is 0.307. The van der Waals surface area contributed by atoms with Gasteiger partial charge in [-0.05, 0) is 24.6 Å². The molecule has 0 unspecified atom stereocenters. The normalized spacial score (nSPS) is 11.3. The molecule has 98 valence electrons. The topological polar surface area (TPSA) is 99.1 Å². The molecule has 4 N–H and O–H groups in total. The van der Waals surface area contributed by atoms with Gasteiger partial charge < -0.3 is 20.9 Å². The molecule has 0 aromatic heterocycles. The van der Waals surface area contributed by atoms with Gasteiger partial charge in [0.05, 0.1) is 13.0 Å². The fourth-order valence-corrected chi connectivity index (χ4v) is 1.56. The highest BCUT2D eigenvalue weighted by Gasteiger charge is 2.13. The van der Waals surface area contributed by atoms with Crippen LogP contribution in [0.4, 0.5) is 0 Å². The largest absolute Gasteiger partial charge is 0.508 e. The number of nitrogens with zero attached hydrogens (tertiary/aromatic N) is 2. The first-order valence-corrected chi connectivity index (χ1v) is 5.59. The monoisotopic (exact) mass is 251 g/mol. The van der Waals surface area contributed by atoms with Crippen LogP contribution in [0.1, 0.15) is 12.5 Å². The minimum absolute atomic E-state index is 0.0129. The van der Waals surface area contributed by atoms with Crippen molar-refractivity contribution in [3.8, 4) is 5.75 Å². The number of amidine groups is 1. The molecule has 0 radical (unpaired) electrons. The maximum Gasteiger partial charge on any atom is 0.227 e. The van der Waals surface area contributed by atoms with Crippen LogP contribution in [0.2, 0.25) is 0 Å². The zero-order valence-corrected chi connectivity index (χ0v) is 10.2. The number of hydrogen-bond acceptors (Lipinski definition) is 4. The Kier molecular flexibility index (Phi) is 4.98. The highest BCUT2D eigenvalue weighted by molar-refractivity contribution is 5.87. The van der Waals surface area contributed by atoms with E-state index in [2.05, 4.69) is 5.16 Å². The molecule has 0 spiro atoms. The average molecular weight is 251 g/mol. The van der Waals surface area contributed by atoms with Crippen molar-refractivity contribution in [2.24, 2.45) is 10.9 Å². The van der Waals surface area contributed by atoms with Crippen molar-refractivity contribution < 1.29 is 15.1 Å². The van der Waals surface area contributed by atoms with E-state index in [9.17, 15) is 9.90 Å². The third kappa shape index (κ3) is 3.97. The van der Waals surface area contributed by atoms with E-state index < -0.39 is 0 Å². The van der Waals surface area contributed by atoms with Gasteiger partial charge in [-0.1, -0.05) is 17.3 Å². The van der Waals surface area contributed by atoms with Gasteiger partial charge in [-0.25, -0.2) is 0 Å². The van der Waals surface area contributed by atoms with E-state index in [1.54, 1.807) is 18.2 Å². The third-order valence-electron chi connectivity index (χ3n) is 2.48. The number of nitrogens with two attached hydrogens (primary N) is 1. The molecule has 1 aromatic carbocycles. The first-order chi connectivity index (χ1) is 8.56. The number of carbonyl (C=O) groups is 1. The molecule has 1 amide bonds. The Morgan fingerprint density at radius 2 is 2.22 bits per heavy atom. The van der Waals surface area contributed by atoms with Crippen LogP contribution in [-0.4, -0.2) is 40.0 Å². The molecule has 0 atom stereocenters. The summed E-state index contributed by atoms with van der Waals surface area (Å²) in [6.45, 7) is 2.36. The van der Waals surface area contributed by atoms with Crippen molar-refractivity contribution in [3.63, 3.8) is 0 Å². The fourth-order valence-electron chi connectivity index (χ4n) is 1.56. The van der Waals surface area contributed by atoms with E-state index in [4.69, 9.17) is 10.9 Å². The molecule has 6 heteroatoms. The van der Waals surface area contributed by atoms with Gasteiger partial charge >= 0.3 is 0 Å². The number of hydrogen-bond donors (Lipinski definition) is 3. The van der Waals surface area contributed by atoms with Gasteiger partial charge in [0.2, 0.25) is 5.91 Å². The van der Waals surface area contributed by atoms with E-state index in [-0.39, 0.29) is 30.5 Å². The molecule has 0 aliphatic heterocycles. The molecule has 0 saturated carbocycles. The molecule has 0 fully saturated rings. The smallest absolute Gasteiger partial charge is 0.227 e. The number of benzene rings is 1. The number of carbonyl (C=O) groups excluding carboxylic acids is 1. The number of amides is 1. The van der Waals surface area contributed by atoms with Crippen molar-refractivity contribution in [1.29, 1.82) is 0 Å². The first kappa shape index (κ1) is 13.8. The molecule has 0 aliphatic rings. The van der Waals surface area contributed by atoms with E-state index in [0.29, 0.717) is 6.54 Å². The van der Waals surface area contributed by atoms with Crippen molar-refractivity contribution in [2.45, 2.75) is 13.3 Å². The maximum absolute atomic E-state index is 12.0. The maximum atomic E-state index is 12.0. The van der Waals surface area contributed by atoms with E-state index >= 15 is 0 Å². The predicted molar refractivity (Wildman–Crippen MR) is 67.5 cm³/mol. The molecule has 0 saturated heterocycles. The average Bonchev–Trinajstić information content (AvgIpc) is 2.35. The molecule has 1 rings (SSSR count). The lowest BCUT2D eigenvalue weighted by Crippen LogP contribution is -2.39. The fraction of sp³-hybridized carbons (Fsp3) is 0.333. The number of likely N-dealkylation sites (N-methyl/N-ethyl adjacent to an activating group) is 1. The molecule has 0 heterocycles. The van der Waals surface area contributed by atoms with Crippen LogP contribution in [0, 0.1) is 0 Å².